The molecule has 0 rings (SSSR count). The lowest BCUT2D eigenvalue weighted by Gasteiger charge is -1.96. The maximum atomic E-state index is 11.5. The van der Waals surface area contributed by atoms with Crippen molar-refractivity contribution in [1.82, 2.24) is 0 Å². The molecule has 0 aromatic heterocycles. The number of alkyl halides is 1. The lowest BCUT2D eigenvalue weighted by molar-refractivity contribution is 0.00188. The van der Waals surface area contributed by atoms with E-state index in [0.717, 1.165) is 0 Å². The van der Waals surface area contributed by atoms with Gasteiger partial charge in [0, 0.05) is 0 Å². The molecule has 3 heteroatoms. The summed E-state index contributed by atoms with van der Waals surface area (Å²) in [6.45, 7) is 1.35. The normalized spacial score (nSPS) is 14.5. The van der Waals surface area contributed by atoms with Gasteiger partial charge in [0.1, 0.15) is 0 Å². The molecule has 0 N–H and O–H groups in total. The Morgan fingerprint density at radius 3 is 2.50 bits per heavy atom. The molecule has 1 nitrogen and oxygen atoms in total. The Labute approximate surface area is 39.1 Å². The van der Waals surface area contributed by atoms with Crippen molar-refractivity contribution in [3.63, 3.8) is 0 Å². The van der Waals surface area contributed by atoms with Crippen LogP contribution in [0, 0.1) is 0 Å². The average Bonchev–Trinajstić information content (AvgIpc) is 1.35. The third-order valence-electron chi connectivity index (χ3n) is 0.326. The fourth-order valence-corrected chi connectivity index (χ4v) is 0.398. The molecule has 2 atom stereocenters. The Balaban J connectivity index is 2.63. The lowest BCUT2D eigenvalue weighted by Crippen LogP contribution is -1.95. The first-order chi connectivity index (χ1) is 2.77. The highest BCUT2D eigenvalue weighted by Gasteiger charge is 1.88. The highest BCUT2D eigenvalue weighted by molar-refractivity contribution is 7.16. The van der Waals surface area contributed by atoms with Gasteiger partial charge in [-0.05, 0) is 6.92 Å². The van der Waals surface area contributed by atoms with Crippen molar-refractivity contribution >= 4 is 9.24 Å². The molecule has 0 aliphatic rings. The van der Waals surface area contributed by atoms with Crippen molar-refractivity contribution in [3.8, 4) is 0 Å². The molecular formula is C3H8FOP. The molecule has 0 radical (unpaired) electrons. The van der Waals surface area contributed by atoms with Crippen LogP contribution in [0.1, 0.15) is 6.92 Å². The highest BCUT2D eigenvalue weighted by atomic mass is 31.0. The number of hydrogen-bond acceptors (Lipinski definition) is 1. The Morgan fingerprint density at radius 1 is 2.00 bits per heavy atom. The van der Waals surface area contributed by atoms with E-state index in [1.807, 2.05) is 0 Å². The van der Waals surface area contributed by atoms with Crippen LogP contribution in [0.25, 0.3) is 0 Å². The van der Waals surface area contributed by atoms with Gasteiger partial charge in [-0.1, -0.05) is 0 Å². The molecular weight excluding hydrogens is 102 g/mol. The Kier molecular flexibility index (Phi) is 3.70. The van der Waals surface area contributed by atoms with E-state index in [9.17, 15) is 4.39 Å². The highest BCUT2D eigenvalue weighted by Crippen LogP contribution is 1.92. The van der Waals surface area contributed by atoms with Gasteiger partial charge in [-0.25, -0.2) is 4.39 Å². The molecule has 0 aliphatic carbocycles. The van der Waals surface area contributed by atoms with Crippen LogP contribution >= 0.6 is 9.24 Å². The lowest BCUT2D eigenvalue weighted by atomic mass is 10.8. The summed E-state index contributed by atoms with van der Waals surface area (Å²) in [4.78, 5) is 0. The van der Waals surface area contributed by atoms with Crippen LogP contribution in [0.5, 0.6) is 0 Å². The van der Waals surface area contributed by atoms with E-state index in [1.54, 1.807) is 0 Å². The molecule has 0 amide bonds. The Bertz CT molecular complexity index is 32.0. The van der Waals surface area contributed by atoms with Gasteiger partial charge in [-0.2, -0.15) is 0 Å². The van der Waals surface area contributed by atoms with E-state index in [1.165, 1.54) is 6.92 Å². The van der Waals surface area contributed by atoms with Gasteiger partial charge in [-0.15, -0.1) is 9.24 Å². The fourth-order valence-electron chi connectivity index (χ4n) is 0.133. The van der Waals surface area contributed by atoms with E-state index in [4.69, 9.17) is 0 Å². The molecule has 0 aliphatic heterocycles. The minimum atomic E-state index is -1.12. The zero-order chi connectivity index (χ0) is 4.99. The van der Waals surface area contributed by atoms with Crippen molar-refractivity contribution in [1.29, 1.82) is 0 Å². The van der Waals surface area contributed by atoms with E-state index < -0.39 is 6.36 Å². The van der Waals surface area contributed by atoms with Crippen molar-refractivity contribution in [3.05, 3.63) is 0 Å². The summed E-state index contributed by atoms with van der Waals surface area (Å²) in [6, 6.07) is 0. The monoisotopic (exact) mass is 110 g/mol. The number of ether oxygens (including phenoxy) is 1. The molecule has 2 unspecified atom stereocenters. The van der Waals surface area contributed by atoms with Crippen LogP contribution in [0.2, 0.25) is 0 Å². The Morgan fingerprint density at radius 2 is 2.50 bits per heavy atom. The fraction of sp³-hybridized carbons (Fsp3) is 1.00. The molecule has 0 aromatic carbocycles. The van der Waals surface area contributed by atoms with E-state index in [-0.39, 0.29) is 0 Å². The van der Waals surface area contributed by atoms with Crippen LogP contribution in [-0.4, -0.2) is 12.7 Å². The minimum Gasteiger partial charge on any atom is -0.344 e. The second kappa shape index (κ2) is 3.51. The zero-order valence-corrected chi connectivity index (χ0v) is 4.80. The quantitative estimate of drug-likeness (QED) is 0.484. The van der Waals surface area contributed by atoms with Gasteiger partial charge < -0.3 is 4.74 Å². The summed E-state index contributed by atoms with van der Waals surface area (Å²) in [5.74, 6) is 0. The van der Waals surface area contributed by atoms with Gasteiger partial charge in [0.05, 0.1) is 6.35 Å². The average molecular weight is 110 g/mol. The van der Waals surface area contributed by atoms with Gasteiger partial charge in [0.15, 0.2) is 6.36 Å². The van der Waals surface area contributed by atoms with E-state index in [2.05, 4.69) is 14.0 Å². The van der Waals surface area contributed by atoms with Gasteiger partial charge in [0.25, 0.3) is 0 Å². The second-order valence-corrected chi connectivity index (χ2v) is 1.21. The summed E-state index contributed by atoms with van der Waals surface area (Å²) < 4.78 is 15.8. The molecule has 0 bridgehead atoms. The molecule has 38 valence electrons. The molecule has 0 fully saturated rings. The third kappa shape index (κ3) is 4.32. The first-order valence-electron chi connectivity index (χ1n) is 1.73. The van der Waals surface area contributed by atoms with Gasteiger partial charge >= 0.3 is 0 Å². The summed E-state index contributed by atoms with van der Waals surface area (Å²) in [7, 11) is 2.26. The van der Waals surface area contributed by atoms with Crippen molar-refractivity contribution in [2.75, 3.05) is 6.35 Å². The van der Waals surface area contributed by atoms with Crippen LogP contribution in [0.15, 0.2) is 0 Å². The topological polar surface area (TPSA) is 9.23 Å². The first kappa shape index (κ1) is 6.32. The minimum absolute atomic E-state index is 0.373. The first-order valence-corrected chi connectivity index (χ1v) is 2.54. The molecule has 0 spiro atoms. The van der Waals surface area contributed by atoms with E-state index in [0.29, 0.717) is 6.35 Å². The maximum Gasteiger partial charge on any atom is 0.196 e. The van der Waals surface area contributed by atoms with Crippen molar-refractivity contribution in [2.45, 2.75) is 13.3 Å². The zero-order valence-electron chi connectivity index (χ0n) is 3.65. The third-order valence-corrected chi connectivity index (χ3v) is 0.518. The molecule has 0 aromatic rings. The van der Waals surface area contributed by atoms with Crippen LogP contribution in [-0.2, 0) is 4.74 Å². The number of hydrogen-bond donors (Lipinski definition) is 0. The maximum absolute atomic E-state index is 11.5. The summed E-state index contributed by atoms with van der Waals surface area (Å²) in [5, 5.41) is 0. The number of rotatable bonds is 2. The summed E-state index contributed by atoms with van der Waals surface area (Å²) in [6.07, 6.45) is -0.750. The smallest absolute Gasteiger partial charge is 0.196 e. The van der Waals surface area contributed by atoms with Crippen molar-refractivity contribution < 1.29 is 9.13 Å². The van der Waals surface area contributed by atoms with Gasteiger partial charge in [0.2, 0.25) is 0 Å². The molecule has 6 heavy (non-hydrogen) atoms. The number of halogens is 1. The summed E-state index contributed by atoms with van der Waals surface area (Å²) >= 11 is 0. The second-order valence-electron chi connectivity index (χ2n) is 0.876. The standard InChI is InChI=1S/C3H8FOP/c1-3(4)5-2-6/h3H,2,6H2,1H3. The predicted molar refractivity (Wildman–Crippen MR) is 26.2 cm³/mol. The van der Waals surface area contributed by atoms with E-state index >= 15 is 0 Å². The van der Waals surface area contributed by atoms with Crippen LogP contribution in [0.4, 0.5) is 4.39 Å². The molecule has 0 heterocycles. The largest absolute Gasteiger partial charge is 0.344 e. The van der Waals surface area contributed by atoms with Crippen LogP contribution < -0.4 is 0 Å². The van der Waals surface area contributed by atoms with Gasteiger partial charge in [-0.3, -0.25) is 0 Å². The molecule has 0 saturated heterocycles. The van der Waals surface area contributed by atoms with Crippen LogP contribution in [0.3, 0.4) is 0 Å². The molecule has 0 saturated carbocycles. The predicted octanol–water partition coefficient (Wildman–Crippen LogP) is 1.15. The van der Waals surface area contributed by atoms with Crippen molar-refractivity contribution in [2.24, 2.45) is 0 Å². The summed E-state index contributed by atoms with van der Waals surface area (Å²) in [5.41, 5.74) is 0. The SMILES string of the molecule is CC(F)OCP. The Hall–Kier alpha value is 0.320.